The predicted molar refractivity (Wildman–Crippen MR) is 58.4 cm³/mol. The highest BCUT2D eigenvalue weighted by molar-refractivity contribution is 5.66. The average molecular weight is 204 g/mol. The van der Waals surface area contributed by atoms with Gasteiger partial charge in [0.25, 0.3) is 0 Å². The number of benzene rings is 1. The number of hydrogen-bond donors (Lipinski definition) is 1. The zero-order valence-electron chi connectivity index (χ0n) is 8.73. The molecule has 15 heavy (non-hydrogen) atoms. The summed E-state index contributed by atoms with van der Waals surface area (Å²) in [5.74, 6) is 0.0948. The van der Waals surface area contributed by atoms with E-state index in [2.05, 4.69) is 0 Å². The standard InChI is InChI=1S/C13H16O2/c14-10-13(15,12-8-4-5-9-12)11-6-2-1-3-7-11/h1-3,6-7,10,12,15H,4-5,8-9H2. The lowest BCUT2D eigenvalue weighted by atomic mass is 9.81. The fraction of sp³-hybridized carbons (Fsp3) is 0.462. The SMILES string of the molecule is O=CC(O)(c1ccccc1)C1CCCC1. The van der Waals surface area contributed by atoms with E-state index in [1.807, 2.05) is 30.3 Å². The van der Waals surface area contributed by atoms with Gasteiger partial charge in [0.1, 0.15) is 5.60 Å². The Bertz CT molecular complexity index is 328. The molecule has 1 N–H and O–H groups in total. The average Bonchev–Trinajstić information content (AvgIpc) is 2.83. The summed E-state index contributed by atoms with van der Waals surface area (Å²) in [5, 5.41) is 10.4. The van der Waals surface area contributed by atoms with E-state index in [4.69, 9.17) is 0 Å². The largest absolute Gasteiger partial charge is 0.377 e. The Labute approximate surface area is 89.9 Å². The Morgan fingerprint density at radius 3 is 2.33 bits per heavy atom. The van der Waals surface area contributed by atoms with Crippen molar-refractivity contribution in [3.63, 3.8) is 0 Å². The van der Waals surface area contributed by atoms with Crippen molar-refractivity contribution in [3.05, 3.63) is 35.9 Å². The van der Waals surface area contributed by atoms with Crippen LogP contribution in [0.5, 0.6) is 0 Å². The number of carbonyl (C=O) groups excluding carboxylic acids is 1. The molecule has 0 bridgehead atoms. The second kappa shape index (κ2) is 4.15. The van der Waals surface area contributed by atoms with Crippen LogP contribution in [0.1, 0.15) is 31.2 Å². The van der Waals surface area contributed by atoms with Gasteiger partial charge in [-0.25, -0.2) is 0 Å². The topological polar surface area (TPSA) is 37.3 Å². The number of aldehydes is 1. The minimum Gasteiger partial charge on any atom is -0.377 e. The van der Waals surface area contributed by atoms with E-state index in [0.29, 0.717) is 6.29 Å². The maximum Gasteiger partial charge on any atom is 0.156 e. The fourth-order valence-corrected chi connectivity index (χ4v) is 2.47. The van der Waals surface area contributed by atoms with Crippen LogP contribution in [-0.2, 0) is 10.4 Å². The van der Waals surface area contributed by atoms with Gasteiger partial charge in [-0.15, -0.1) is 0 Å². The molecule has 0 saturated heterocycles. The summed E-state index contributed by atoms with van der Waals surface area (Å²) in [4.78, 5) is 11.2. The first-order valence-corrected chi connectivity index (χ1v) is 5.51. The van der Waals surface area contributed by atoms with Crippen molar-refractivity contribution in [1.29, 1.82) is 0 Å². The summed E-state index contributed by atoms with van der Waals surface area (Å²) < 4.78 is 0. The third-order valence-electron chi connectivity index (χ3n) is 3.39. The van der Waals surface area contributed by atoms with Crippen LogP contribution in [0, 0.1) is 5.92 Å². The summed E-state index contributed by atoms with van der Waals surface area (Å²) >= 11 is 0. The molecule has 2 heteroatoms. The van der Waals surface area contributed by atoms with Crippen LogP contribution in [0.4, 0.5) is 0 Å². The van der Waals surface area contributed by atoms with Gasteiger partial charge in [0.2, 0.25) is 0 Å². The zero-order valence-corrected chi connectivity index (χ0v) is 8.73. The molecule has 0 spiro atoms. The van der Waals surface area contributed by atoms with Crippen LogP contribution in [-0.4, -0.2) is 11.4 Å². The van der Waals surface area contributed by atoms with Crippen molar-refractivity contribution in [1.82, 2.24) is 0 Å². The molecular formula is C13H16O2. The van der Waals surface area contributed by atoms with Crippen molar-refractivity contribution in [2.75, 3.05) is 0 Å². The monoisotopic (exact) mass is 204 g/mol. The number of carbonyl (C=O) groups is 1. The van der Waals surface area contributed by atoms with Crippen LogP contribution >= 0.6 is 0 Å². The smallest absolute Gasteiger partial charge is 0.156 e. The third-order valence-corrected chi connectivity index (χ3v) is 3.39. The van der Waals surface area contributed by atoms with Gasteiger partial charge < -0.3 is 5.11 Å². The summed E-state index contributed by atoms with van der Waals surface area (Å²) in [6.45, 7) is 0. The summed E-state index contributed by atoms with van der Waals surface area (Å²) in [6, 6.07) is 9.26. The molecule has 0 radical (unpaired) electrons. The Hall–Kier alpha value is -1.15. The van der Waals surface area contributed by atoms with Crippen molar-refractivity contribution in [2.45, 2.75) is 31.3 Å². The molecular weight excluding hydrogens is 188 g/mol. The third kappa shape index (κ3) is 1.82. The van der Waals surface area contributed by atoms with Gasteiger partial charge in [0.15, 0.2) is 6.29 Å². The lowest BCUT2D eigenvalue weighted by molar-refractivity contribution is -0.130. The minimum atomic E-state index is -1.27. The highest BCUT2D eigenvalue weighted by Crippen LogP contribution is 2.39. The Morgan fingerprint density at radius 1 is 1.20 bits per heavy atom. The number of hydrogen-bond acceptors (Lipinski definition) is 2. The fourth-order valence-electron chi connectivity index (χ4n) is 2.47. The maximum atomic E-state index is 11.2. The molecule has 1 fully saturated rings. The van der Waals surface area contributed by atoms with E-state index >= 15 is 0 Å². The molecule has 80 valence electrons. The van der Waals surface area contributed by atoms with Crippen LogP contribution in [0.15, 0.2) is 30.3 Å². The quantitative estimate of drug-likeness (QED) is 0.767. The molecule has 1 unspecified atom stereocenters. The molecule has 1 saturated carbocycles. The Kier molecular flexibility index (Phi) is 2.87. The van der Waals surface area contributed by atoms with Gasteiger partial charge in [-0.05, 0) is 24.3 Å². The van der Waals surface area contributed by atoms with Gasteiger partial charge >= 0.3 is 0 Å². The molecule has 1 aliphatic rings. The summed E-state index contributed by atoms with van der Waals surface area (Å²) in [7, 11) is 0. The molecule has 2 rings (SSSR count). The summed E-state index contributed by atoms with van der Waals surface area (Å²) in [6.07, 6.45) is 4.84. The van der Waals surface area contributed by atoms with E-state index in [1.54, 1.807) is 0 Å². The highest BCUT2D eigenvalue weighted by Gasteiger charge is 2.39. The predicted octanol–water partition coefficient (Wildman–Crippen LogP) is 2.26. The van der Waals surface area contributed by atoms with Crippen LogP contribution in [0.2, 0.25) is 0 Å². The van der Waals surface area contributed by atoms with Gasteiger partial charge in [0, 0.05) is 0 Å². The van der Waals surface area contributed by atoms with Gasteiger partial charge in [0.05, 0.1) is 0 Å². The Balaban J connectivity index is 2.32. The van der Waals surface area contributed by atoms with E-state index in [9.17, 15) is 9.90 Å². The zero-order chi connectivity index (χ0) is 10.7. The lowest BCUT2D eigenvalue weighted by Gasteiger charge is -2.28. The number of rotatable bonds is 3. The van der Waals surface area contributed by atoms with E-state index < -0.39 is 5.60 Å². The highest BCUT2D eigenvalue weighted by atomic mass is 16.3. The maximum absolute atomic E-state index is 11.2. The van der Waals surface area contributed by atoms with Crippen molar-refractivity contribution >= 4 is 6.29 Å². The minimum absolute atomic E-state index is 0.0948. The number of aliphatic hydroxyl groups is 1. The van der Waals surface area contributed by atoms with E-state index in [0.717, 1.165) is 31.2 Å². The molecule has 0 aromatic heterocycles. The van der Waals surface area contributed by atoms with E-state index in [-0.39, 0.29) is 5.92 Å². The first kappa shape index (κ1) is 10.4. The van der Waals surface area contributed by atoms with Crippen molar-refractivity contribution in [3.8, 4) is 0 Å². The molecule has 0 aliphatic heterocycles. The van der Waals surface area contributed by atoms with Crippen LogP contribution < -0.4 is 0 Å². The van der Waals surface area contributed by atoms with Gasteiger partial charge in [-0.3, -0.25) is 4.79 Å². The summed E-state index contributed by atoms with van der Waals surface area (Å²) in [5.41, 5.74) is -0.537. The van der Waals surface area contributed by atoms with Crippen molar-refractivity contribution in [2.24, 2.45) is 5.92 Å². The van der Waals surface area contributed by atoms with Crippen LogP contribution in [0.3, 0.4) is 0 Å². The lowest BCUT2D eigenvalue weighted by Crippen LogP contribution is -2.35. The second-order valence-corrected chi connectivity index (χ2v) is 4.29. The second-order valence-electron chi connectivity index (χ2n) is 4.29. The molecule has 1 aromatic carbocycles. The van der Waals surface area contributed by atoms with E-state index in [1.165, 1.54) is 0 Å². The molecule has 0 amide bonds. The first-order chi connectivity index (χ1) is 7.27. The first-order valence-electron chi connectivity index (χ1n) is 5.51. The van der Waals surface area contributed by atoms with Gasteiger partial charge in [-0.1, -0.05) is 43.2 Å². The van der Waals surface area contributed by atoms with Crippen molar-refractivity contribution < 1.29 is 9.90 Å². The molecule has 2 nitrogen and oxygen atoms in total. The molecule has 1 aromatic rings. The Morgan fingerprint density at radius 2 is 1.80 bits per heavy atom. The molecule has 1 aliphatic carbocycles. The van der Waals surface area contributed by atoms with Crippen LogP contribution in [0.25, 0.3) is 0 Å². The molecule has 0 heterocycles. The van der Waals surface area contributed by atoms with Gasteiger partial charge in [-0.2, -0.15) is 0 Å². The molecule has 1 atom stereocenters. The normalized spacial score (nSPS) is 21.1.